The van der Waals surface area contributed by atoms with Crippen molar-refractivity contribution in [3.8, 4) is 0 Å². The number of thiophene rings is 1. The van der Waals surface area contributed by atoms with Crippen LogP contribution in [0.15, 0.2) is 17.5 Å². The van der Waals surface area contributed by atoms with Gasteiger partial charge in [-0.3, -0.25) is 9.59 Å². The van der Waals surface area contributed by atoms with Crippen molar-refractivity contribution in [1.82, 2.24) is 10.2 Å². The number of piperazine rings is 1. The molecule has 2 rings (SSSR count). The summed E-state index contributed by atoms with van der Waals surface area (Å²) in [5.41, 5.74) is 0. The van der Waals surface area contributed by atoms with Gasteiger partial charge in [0, 0.05) is 4.88 Å². The second-order valence-electron chi connectivity index (χ2n) is 6.11. The number of carbonyl (C=O) groups excluding carboxylic acids is 2. The van der Waals surface area contributed by atoms with Crippen LogP contribution in [0.3, 0.4) is 0 Å². The summed E-state index contributed by atoms with van der Waals surface area (Å²) in [5, 5.41) is 4.93. The van der Waals surface area contributed by atoms with Crippen LogP contribution < -0.4 is 5.32 Å². The molecule has 21 heavy (non-hydrogen) atoms. The lowest BCUT2D eigenvalue weighted by molar-refractivity contribution is -0.153. The first-order valence-corrected chi connectivity index (χ1v) is 8.46. The molecule has 1 aliphatic heterocycles. The summed E-state index contributed by atoms with van der Waals surface area (Å²) in [5.74, 6) is 0.287. The van der Waals surface area contributed by atoms with E-state index in [0.29, 0.717) is 6.54 Å². The van der Waals surface area contributed by atoms with Crippen molar-refractivity contribution in [2.75, 3.05) is 0 Å². The molecule has 1 N–H and O–H groups in total. The molecule has 1 aromatic rings. The lowest BCUT2D eigenvalue weighted by Crippen LogP contribution is -2.65. The number of carbonyl (C=O) groups is 2. The standard InChI is InChI=1S/C16H24N2O2S/c1-5-11(4)13-16(20)18(9-12-7-6-8-21-12)14(10(2)3)15(19)17-13/h6-8,10-11,13-14H,5,9H2,1-4H3,(H,17,19). The highest BCUT2D eigenvalue weighted by Crippen LogP contribution is 2.25. The van der Waals surface area contributed by atoms with E-state index in [9.17, 15) is 9.59 Å². The number of nitrogens with zero attached hydrogens (tertiary/aromatic N) is 1. The molecule has 0 radical (unpaired) electrons. The minimum atomic E-state index is -0.391. The Morgan fingerprint density at radius 3 is 2.57 bits per heavy atom. The average Bonchev–Trinajstić information content (AvgIpc) is 2.94. The van der Waals surface area contributed by atoms with Crippen LogP contribution in [0.4, 0.5) is 0 Å². The lowest BCUT2D eigenvalue weighted by Gasteiger charge is -2.42. The number of hydrogen-bond donors (Lipinski definition) is 1. The van der Waals surface area contributed by atoms with Gasteiger partial charge in [-0.2, -0.15) is 0 Å². The molecule has 3 unspecified atom stereocenters. The zero-order chi connectivity index (χ0) is 15.6. The maximum absolute atomic E-state index is 12.8. The Bertz CT molecular complexity index is 498. The fourth-order valence-corrected chi connectivity index (χ4v) is 3.49. The molecule has 1 saturated heterocycles. The second-order valence-corrected chi connectivity index (χ2v) is 7.14. The summed E-state index contributed by atoms with van der Waals surface area (Å²) in [7, 11) is 0. The number of rotatable bonds is 5. The summed E-state index contributed by atoms with van der Waals surface area (Å²) in [6, 6.07) is 3.22. The first-order valence-electron chi connectivity index (χ1n) is 7.59. The average molecular weight is 308 g/mol. The largest absolute Gasteiger partial charge is 0.342 e. The summed E-state index contributed by atoms with van der Waals surface area (Å²) in [6.07, 6.45) is 0.871. The molecule has 0 bridgehead atoms. The van der Waals surface area contributed by atoms with Crippen LogP contribution in [0.5, 0.6) is 0 Å². The van der Waals surface area contributed by atoms with Crippen molar-refractivity contribution in [2.24, 2.45) is 11.8 Å². The van der Waals surface area contributed by atoms with E-state index in [-0.39, 0.29) is 29.7 Å². The molecule has 1 aromatic heterocycles. The summed E-state index contributed by atoms with van der Waals surface area (Å²) >= 11 is 1.62. The van der Waals surface area contributed by atoms with E-state index in [4.69, 9.17) is 0 Å². The third kappa shape index (κ3) is 3.28. The van der Waals surface area contributed by atoms with Gasteiger partial charge in [-0.25, -0.2) is 0 Å². The van der Waals surface area contributed by atoms with Gasteiger partial charge in [-0.15, -0.1) is 11.3 Å². The third-order valence-corrected chi connectivity index (χ3v) is 5.06. The van der Waals surface area contributed by atoms with E-state index in [1.54, 1.807) is 16.2 Å². The quantitative estimate of drug-likeness (QED) is 0.909. The Morgan fingerprint density at radius 2 is 2.05 bits per heavy atom. The Morgan fingerprint density at radius 1 is 1.33 bits per heavy atom. The molecule has 0 saturated carbocycles. The summed E-state index contributed by atoms with van der Waals surface area (Å²) < 4.78 is 0. The van der Waals surface area contributed by atoms with E-state index in [1.807, 2.05) is 45.2 Å². The van der Waals surface area contributed by atoms with Gasteiger partial charge in [0.1, 0.15) is 12.1 Å². The molecule has 3 atom stereocenters. The third-order valence-electron chi connectivity index (χ3n) is 4.20. The minimum absolute atomic E-state index is 0.0218. The molecule has 4 nitrogen and oxygen atoms in total. The molecule has 5 heteroatoms. The molecule has 2 heterocycles. The first kappa shape index (κ1) is 16.0. The molecule has 1 fully saturated rings. The van der Waals surface area contributed by atoms with E-state index in [2.05, 4.69) is 5.32 Å². The normalized spacial score (nSPS) is 24.3. The Labute approximate surface area is 130 Å². The van der Waals surface area contributed by atoms with Crippen LogP contribution in [-0.2, 0) is 16.1 Å². The molecule has 0 aromatic carbocycles. The molecule has 116 valence electrons. The van der Waals surface area contributed by atoms with Gasteiger partial charge in [0.25, 0.3) is 0 Å². The first-order chi connectivity index (χ1) is 9.95. The van der Waals surface area contributed by atoms with E-state index in [1.165, 1.54) is 0 Å². The van der Waals surface area contributed by atoms with Crippen molar-refractivity contribution in [1.29, 1.82) is 0 Å². The highest BCUT2D eigenvalue weighted by molar-refractivity contribution is 7.09. The van der Waals surface area contributed by atoms with Gasteiger partial charge in [0.05, 0.1) is 6.54 Å². The van der Waals surface area contributed by atoms with Crippen molar-refractivity contribution >= 4 is 23.2 Å². The topological polar surface area (TPSA) is 49.4 Å². The van der Waals surface area contributed by atoms with Crippen LogP contribution in [-0.4, -0.2) is 28.8 Å². The highest BCUT2D eigenvalue weighted by Gasteiger charge is 2.43. The fourth-order valence-electron chi connectivity index (χ4n) is 2.79. The van der Waals surface area contributed by atoms with Crippen LogP contribution in [0, 0.1) is 11.8 Å². The number of amides is 2. The molecular weight excluding hydrogens is 284 g/mol. The van der Waals surface area contributed by atoms with Crippen molar-refractivity contribution in [2.45, 2.75) is 52.7 Å². The van der Waals surface area contributed by atoms with Gasteiger partial charge in [-0.1, -0.05) is 40.2 Å². The van der Waals surface area contributed by atoms with Crippen molar-refractivity contribution < 1.29 is 9.59 Å². The zero-order valence-corrected chi connectivity index (χ0v) is 13.9. The SMILES string of the molecule is CCC(C)C1NC(=O)C(C(C)C)N(Cc2cccs2)C1=O. The maximum atomic E-state index is 12.8. The maximum Gasteiger partial charge on any atom is 0.246 e. The summed E-state index contributed by atoms with van der Waals surface area (Å²) in [4.78, 5) is 28.2. The lowest BCUT2D eigenvalue weighted by atomic mass is 9.91. The number of nitrogens with one attached hydrogen (secondary N) is 1. The Hall–Kier alpha value is -1.36. The smallest absolute Gasteiger partial charge is 0.246 e. The van der Waals surface area contributed by atoms with Gasteiger partial charge in [0.2, 0.25) is 11.8 Å². The molecule has 0 aliphatic carbocycles. The minimum Gasteiger partial charge on any atom is -0.342 e. The second kappa shape index (κ2) is 6.60. The summed E-state index contributed by atoms with van der Waals surface area (Å²) in [6.45, 7) is 8.56. The Kier molecular flexibility index (Phi) is 5.04. The molecular formula is C16H24N2O2S. The van der Waals surface area contributed by atoms with Crippen molar-refractivity contribution in [3.63, 3.8) is 0 Å². The van der Waals surface area contributed by atoms with E-state index >= 15 is 0 Å². The zero-order valence-electron chi connectivity index (χ0n) is 13.1. The molecule has 1 aliphatic rings. The fraction of sp³-hybridized carbons (Fsp3) is 0.625. The van der Waals surface area contributed by atoms with E-state index in [0.717, 1.165) is 11.3 Å². The van der Waals surface area contributed by atoms with Crippen LogP contribution in [0.25, 0.3) is 0 Å². The van der Waals surface area contributed by atoms with Crippen LogP contribution in [0.2, 0.25) is 0 Å². The van der Waals surface area contributed by atoms with Crippen molar-refractivity contribution in [3.05, 3.63) is 22.4 Å². The predicted molar refractivity (Wildman–Crippen MR) is 84.9 cm³/mol. The van der Waals surface area contributed by atoms with Crippen LogP contribution in [0.1, 0.15) is 39.0 Å². The highest BCUT2D eigenvalue weighted by atomic mass is 32.1. The van der Waals surface area contributed by atoms with Gasteiger partial charge in [0.15, 0.2) is 0 Å². The van der Waals surface area contributed by atoms with Gasteiger partial charge < -0.3 is 10.2 Å². The van der Waals surface area contributed by atoms with Gasteiger partial charge in [-0.05, 0) is 23.3 Å². The monoisotopic (exact) mass is 308 g/mol. The predicted octanol–water partition coefficient (Wildman–Crippen LogP) is 2.65. The molecule has 0 spiro atoms. The van der Waals surface area contributed by atoms with Gasteiger partial charge >= 0.3 is 0 Å². The molecule has 2 amide bonds. The Balaban J connectivity index is 2.28. The number of hydrogen-bond acceptors (Lipinski definition) is 3. The van der Waals surface area contributed by atoms with Crippen LogP contribution >= 0.6 is 11.3 Å². The van der Waals surface area contributed by atoms with E-state index < -0.39 is 6.04 Å².